The van der Waals surface area contributed by atoms with Crippen LogP contribution >= 0.6 is 27.3 Å². The van der Waals surface area contributed by atoms with Crippen LogP contribution in [0.1, 0.15) is 70.3 Å². The third-order valence-corrected chi connectivity index (χ3v) is 8.03. The first-order valence-electron chi connectivity index (χ1n) is 12.0. The first-order valence-corrected chi connectivity index (χ1v) is 13.6. The number of thiazole rings is 1. The van der Waals surface area contributed by atoms with E-state index >= 15 is 0 Å². The van der Waals surface area contributed by atoms with Crippen LogP contribution in [0.4, 0.5) is 5.13 Å². The number of aromatic nitrogens is 1. The van der Waals surface area contributed by atoms with Crippen molar-refractivity contribution < 1.29 is 18.7 Å². The third kappa shape index (κ3) is 4.62. The number of nitrogens with zero attached hydrogens (tertiary/aromatic N) is 2. The van der Waals surface area contributed by atoms with E-state index in [1.54, 1.807) is 25.1 Å². The zero-order chi connectivity index (χ0) is 26.4. The topological polar surface area (TPSA) is 89.7 Å². The molecular formula is C28H25BrN2O5S. The smallest absolute Gasteiger partial charge is 0.297 e. The number of carbonyl (C=O) groups excluding carboxylic acids is 2. The number of fused-ring (bicyclic) bond motifs is 2. The molecule has 0 bridgehead atoms. The highest BCUT2D eigenvalue weighted by molar-refractivity contribution is 9.10. The lowest BCUT2D eigenvalue weighted by Gasteiger charge is -2.23. The SMILES string of the molecule is CC(=O)c1sc(N2C(=O)c3oc4ccc(Br)cc4c(=O)c3C2c2cccc(OCCC(C)C)c2)nc1C. The van der Waals surface area contributed by atoms with Crippen molar-refractivity contribution in [2.75, 3.05) is 11.5 Å². The Morgan fingerprint density at radius 3 is 2.70 bits per heavy atom. The Hall–Kier alpha value is -3.30. The van der Waals surface area contributed by atoms with Crippen LogP contribution in [-0.4, -0.2) is 23.3 Å². The summed E-state index contributed by atoms with van der Waals surface area (Å²) < 4.78 is 12.7. The normalized spacial score (nSPS) is 15.0. The van der Waals surface area contributed by atoms with Crippen LogP contribution in [0.3, 0.4) is 0 Å². The van der Waals surface area contributed by atoms with E-state index in [2.05, 4.69) is 34.8 Å². The van der Waals surface area contributed by atoms with Gasteiger partial charge in [0.05, 0.1) is 34.2 Å². The Bertz CT molecular complexity index is 1610. The van der Waals surface area contributed by atoms with Crippen LogP contribution in [0.15, 0.2) is 56.1 Å². The molecule has 0 saturated heterocycles. The predicted molar refractivity (Wildman–Crippen MR) is 147 cm³/mol. The lowest BCUT2D eigenvalue weighted by atomic mass is 9.98. The number of Topliss-reactive ketones (excluding diaryl/α,β-unsaturated/α-hetero) is 1. The van der Waals surface area contributed by atoms with Gasteiger partial charge in [-0.1, -0.05) is 53.2 Å². The van der Waals surface area contributed by atoms with Gasteiger partial charge in [0, 0.05) is 11.4 Å². The molecule has 0 N–H and O–H groups in total. The number of benzene rings is 2. The molecule has 4 aromatic rings. The van der Waals surface area contributed by atoms with E-state index in [4.69, 9.17) is 9.15 Å². The van der Waals surface area contributed by atoms with Gasteiger partial charge < -0.3 is 9.15 Å². The molecule has 7 nitrogen and oxygen atoms in total. The Labute approximate surface area is 226 Å². The highest BCUT2D eigenvalue weighted by atomic mass is 79.9. The molecule has 1 atom stereocenters. The van der Waals surface area contributed by atoms with Gasteiger partial charge in [0.2, 0.25) is 5.76 Å². The minimum atomic E-state index is -0.791. The summed E-state index contributed by atoms with van der Waals surface area (Å²) in [6.07, 6.45) is 0.901. The number of anilines is 1. The van der Waals surface area contributed by atoms with Crippen molar-refractivity contribution in [3.63, 3.8) is 0 Å². The molecule has 3 heterocycles. The van der Waals surface area contributed by atoms with Crippen LogP contribution in [0.25, 0.3) is 11.0 Å². The highest BCUT2D eigenvalue weighted by Crippen LogP contribution is 2.43. The van der Waals surface area contributed by atoms with Gasteiger partial charge in [0.1, 0.15) is 11.3 Å². The summed E-state index contributed by atoms with van der Waals surface area (Å²) in [6.45, 7) is 8.02. The lowest BCUT2D eigenvalue weighted by Crippen LogP contribution is -2.29. The number of rotatable bonds is 7. The minimum Gasteiger partial charge on any atom is -0.494 e. The molecule has 1 aliphatic rings. The van der Waals surface area contributed by atoms with E-state index in [0.29, 0.717) is 50.5 Å². The highest BCUT2D eigenvalue weighted by Gasteiger charge is 2.45. The van der Waals surface area contributed by atoms with E-state index in [9.17, 15) is 14.4 Å². The van der Waals surface area contributed by atoms with Gasteiger partial charge in [-0.2, -0.15) is 0 Å². The minimum absolute atomic E-state index is 0.0202. The van der Waals surface area contributed by atoms with Crippen molar-refractivity contribution in [3.05, 3.63) is 84.6 Å². The number of hydrogen-bond donors (Lipinski definition) is 0. The van der Waals surface area contributed by atoms with Crippen LogP contribution in [0, 0.1) is 12.8 Å². The molecule has 1 aliphatic heterocycles. The largest absolute Gasteiger partial charge is 0.494 e. The fourth-order valence-electron chi connectivity index (χ4n) is 4.46. The fraction of sp³-hybridized carbons (Fsp3) is 0.286. The summed E-state index contributed by atoms with van der Waals surface area (Å²) in [5.74, 6) is 0.517. The monoisotopic (exact) mass is 580 g/mol. The van der Waals surface area contributed by atoms with E-state index in [1.165, 1.54) is 11.8 Å². The van der Waals surface area contributed by atoms with E-state index < -0.39 is 11.9 Å². The maximum Gasteiger partial charge on any atom is 0.297 e. The number of ketones is 1. The number of carbonyl (C=O) groups is 2. The molecule has 9 heteroatoms. The van der Waals surface area contributed by atoms with Crippen molar-refractivity contribution in [2.24, 2.45) is 5.92 Å². The number of aryl methyl sites for hydroxylation is 1. The third-order valence-electron chi connectivity index (χ3n) is 6.28. The first kappa shape index (κ1) is 25.4. The Kier molecular flexibility index (Phi) is 6.76. The number of ether oxygens (including phenoxy) is 1. The van der Waals surface area contributed by atoms with Crippen LogP contribution < -0.4 is 15.1 Å². The molecule has 1 amide bonds. The molecule has 1 unspecified atom stereocenters. The standard InChI is InChI=1S/C28H25BrN2O5S/c1-14(2)10-11-35-19-7-5-6-17(12-19)23-22-24(33)20-13-18(29)8-9-21(20)36-25(22)27(34)31(23)28-30-15(3)26(37-28)16(4)32/h5-9,12-14,23H,10-11H2,1-4H3. The molecule has 2 aromatic heterocycles. The van der Waals surface area contributed by atoms with Crippen LogP contribution in [0.2, 0.25) is 0 Å². The molecule has 0 radical (unpaired) electrons. The fourth-order valence-corrected chi connectivity index (χ4v) is 5.81. The molecule has 0 fully saturated rings. The Morgan fingerprint density at radius 1 is 1.22 bits per heavy atom. The van der Waals surface area contributed by atoms with Crippen LogP contribution in [0.5, 0.6) is 5.75 Å². The summed E-state index contributed by atoms with van der Waals surface area (Å²) in [4.78, 5) is 46.3. The number of hydrogen-bond acceptors (Lipinski definition) is 7. The maximum absolute atomic E-state index is 13.8. The van der Waals surface area contributed by atoms with Gasteiger partial charge in [-0.05, 0) is 55.2 Å². The zero-order valence-corrected chi connectivity index (χ0v) is 23.2. The first-order chi connectivity index (χ1) is 17.7. The Morgan fingerprint density at radius 2 is 2.00 bits per heavy atom. The molecule has 37 heavy (non-hydrogen) atoms. The average molecular weight is 581 g/mol. The second kappa shape index (κ2) is 9.87. The van der Waals surface area contributed by atoms with Gasteiger partial charge in [0.25, 0.3) is 5.91 Å². The van der Waals surface area contributed by atoms with Crippen molar-refractivity contribution in [1.82, 2.24) is 4.98 Å². The maximum atomic E-state index is 13.8. The molecule has 0 spiro atoms. The van der Waals surface area contributed by atoms with E-state index in [0.717, 1.165) is 22.2 Å². The molecular weight excluding hydrogens is 556 g/mol. The lowest BCUT2D eigenvalue weighted by molar-refractivity contribution is 0.0969. The number of halogens is 1. The van der Waals surface area contributed by atoms with Gasteiger partial charge >= 0.3 is 0 Å². The van der Waals surface area contributed by atoms with E-state index in [1.807, 2.05) is 24.3 Å². The zero-order valence-electron chi connectivity index (χ0n) is 20.8. The van der Waals surface area contributed by atoms with Gasteiger partial charge in [-0.3, -0.25) is 19.3 Å². The number of amides is 1. The summed E-state index contributed by atoms with van der Waals surface area (Å²) in [6, 6.07) is 11.7. The summed E-state index contributed by atoms with van der Waals surface area (Å²) in [5.41, 5.74) is 1.50. The summed E-state index contributed by atoms with van der Waals surface area (Å²) >= 11 is 4.55. The van der Waals surface area contributed by atoms with Gasteiger partial charge in [-0.15, -0.1) is 0 Å². The second-order valence-electron chi connectivity index (χ2n) is 9.46. The predicted octanol–water partition coefficient (Wildman–Crippen LogP) is 6.70. The van der Waals surface area contributed by atoms with Crippen molar-refractivity contribution >= 4 is 55.1 Å². The molecule has 190 valence electrons. The van der Waals surface area contributed by atoms with Crippen molar-refractivity contribution in [2.45, 2.75) is 40.2 Å². The molecule has 0 aliphatic carbocycles. The van der Waals surface area contributed by atoms with Gasteiger partial charge in [0.15, 0.2) is 16.3 Å². The summed E-state index contributed by atoms with van der Waals surface area (Å²) in [7, 11) is 0. The molecule has 2 aromatic carbocycles. The van der Waals surface area contributed by atoms with Crippen molar-refractivity contribution in [1.29, 1.82) is 0 Å². The molecule has 0 saturated carbocycles. The van der Waals surface area contributed by atoms with Gasteiger partial charge in [-0.25, -0.2) is 4.98 Å². The quantitative estimate of drug-likeness (QED) is 0.226. The molecule has 5 rings (SSSR count). The summed E-state index contributed by atoms with van der Waals surface area (Å²) in [5, 5.41) is 0.705. The average Bonchev–Trinajstić information content (AvgIpc) is 3.37. The van der Waals surface area contributed by atoms with Crippen molar-refractivity contribution in [3.8, 4) is 5.75 Å². The van der Waals surface area contributed by atoms with E-state index in [-0.39, 0.29) is 22.5 Å². The Balaban J connectivity index is 1.70. The van der Waals surface area contributed by atoms with Crippen LogP contribution in [-0.2, 0) is 0 Å². The second-order valence-corrected chi connectivity index (χ2v) is 11.4.